The second-order valence-corrected chi connectivity index (χ2v) is 12.7. The van der Waals surface area contributed by atoms with Gasteiger partial charge in [-0.1, -0.05) is 72.8 Å². The molecule has 1 saturated heterocycles. The number of anilines is 1. The van der Waals surface area contributed by atoms with Gasteiger partial charge < -0.3 is 43.1 Å². The quantitative estimate of drug-likeness (QED) is 0.138. The Bertz CT molecular complexity index is 1990. The molecule has 1 aromatic heterocycles. The number of carbonyl (C=O) groups is 1. The van der Waals surface area contributed by atoms with Crippen LogP contribution in [0.2, 0.25) is 0 Å². The summed E-state index contributed by atoms with van der Waals surface area (Å²) in [6.45, 7) is -0.276. The van der Waals surface area contributed by atoms with E-state index in [1.165, 1.54) is 12.3 Å². The molecule has 0 saturated carbocycles. The Balaban J connectivity index is 1.33. The minimum absolute atomic E-state index is 0.00558. The third-order valence-corrected chi connectivity index (χ3v) is 9.03. The first-order valence-corrected chi connectivity index (χ1v) is 17.4. The van der Waals surface area contributed by atoms with Crippen LogP contribution in [0.5, 0.6) is 11.5 Å². The standard InChI is InChI=1S/C37H36N3O10P/c1-46-29-17-13-27(14-18-29)37(26-11-7-4-8-12-26,28-15-19-30(47-2)20-16-28)48-24-32-31(50-51(43,44)45)23-34(49-32)40-22-21-33(39-36(40)42)38-35(41)25-9-5-3-6-10-25/h3-22,31-32,34H,23-24H2,1-2H3,(H2,43,44,45)(H,38,39,41,42)/p-2/t31-,32+,34+/m0/s1. The van der Waals surface area contributed by atoms with Crippen molar-refractivity contribution in [1.82, 2.24) is 9.55 Å². The van der Waals surface area contributed by atoms with Crippen LogP contribution >= 0.6 is 7.82 Å². The van der Waals surface area contributed by atoms with Crippen LogP contribution in [-0.2, 0) is 24.2 Å². The molecule has 0 unspecified atom stereocenters. The van der Waals surface area contributed by atoms with Gasteiger partial charge in [0.05, 0.1) is 34.8 Å². The minimum Gasteiger partial charge on any atom is -0.790 e. The Morgan fingerprint density at radius 1 is 0.863 bits per heavy atom. The molecule has 4 aromatic carbocycles. The highest BCUT2D eigenvalue weighted by Gasteiger charge is 2.43. The van der Waals surface area contributed by atoms with Gasteiger partial charge in [-0.15, -0.1) is 0 Å². The zero-order valence-corrected chi connectivity index (χ0v) is 28.5. The van der Waals surface area contributed by atoms with Gasteiger partial charge in [0, 0.05) is 18.2 Å². The molecule has 1 fully saturated rings. The summed E-state index contributed by atoms with van der Waals surface area (Å²) < 4.78 is 41.9. The number of methoxy groups -OCH3 is 2. The normalized spacial score (nSPS) is 17.5. The highest BCUT2D eigenvalue weighted by Crippen LogP contribution is 2.44. The van der Waals surface area contributed by atoms with Crippen LogP contribution in [-0.4, -0.2) is 48.5 Å². The Morgan fingerprint density at radius 2 is 1.41 bits per heavy atom. The third kappa shape index (κ3) is 8.10. The molecule has 1 aliphatic heterocycles. The lowest BCUT2D eigenvalue weighted by atomic mass is 9.80. The van der Waals surface area contributed by atoms with E-state index in [2.05, 4.69) is 10.3 Å². The summed E-state index contributed by atoms with van der Waals surface area (Å²) in [5.74, 6) is 0.792. The zero-order valence-electron chi connectivity index (χ0n) is 27.6. The molecule has 0 aliphatic carbocycles. The van der Waals surface area contributed by atoms with Crippen molar-refractivity contribution in [2.24, 2.45) is 0 Å². The molecule has 2 heterocycles. The number of phosphoric acid groups is 1. The van der Waals surface area contributed by atoms with Crippen LogP contribution in [0.3, 0.4) is 0 Å². The Kier molecular flexibility index (Phi) is 10.8. The van der Waals surface area contributed by atoms with E-state index in [-0.39, 0.29) is 18.8 Å². The van der Waals surface area contributed by atoms with Crippen LogP contribution in [0.15, 0.2) is 126 Å². The van der Waals surface area contributed by atoms with E-state index in [9.17, 15) is 23.9 Å². The smallest absolute Gasteiger partial charge is 0.351 e. The summed E-state index contributed by atoms with van der Waals surface area (Å²) in [7, 11) is -2.38. The largest absolute Gasteiger partial charge is 0.790 e. The molecule has 1 amide bonds. The molecule has 6 rings (SSSR count). The predicted molar refractivity (Wildman–Crippen MR) is 182 cm³/mol. The van der Waals surface area contributed by atoms with Crippen LogP contribution < -0.4 is 30.3 Å². The molecule has 1 N–H and O–H groups in total. The first kappa shape index (κ1) is 35.7. The van der Waals surface area contributed by atoms with E-state index in [0.29, 0.717) is 28.2 Å². The number of ether oxygens (including phenoxy) is 4. The fourth-order valence-electron chi connectivity index (χ4n) is 6.06. The van der Waals surface area contributed by atoms with E-state index in [4.69, 9.17) is 23.5 Å². The van der Waals surface area contributed by atoms with E-state index in [0.717, 1.165) is 10.1 Å². The molecule has 0 bridgehead atoms. The van der Waals surface area contributed by atoms with E-state index in [1.807, 2.05) is 54.6 Å². The molecule has 1 aliphatic rings. The number of aromatic nitrogens is 2. The molecule has 264 valence electrons. The van der Waals surface area contributed by atoms with Crippen LogP contribution in [0.1, 0.15) is 39.7 Å². The maximum absolute atomic E-state index is 13.2. The summed E-state index contributed by atoms with van der Waals surface area (Å²) in [4.78, 5) is 53.5. The van der Waals surface area contributed by atoms with Crippen molar-refractivity contribution in [3.63, 3.8) is 0 Å². The van der Waals surface area contributed by atoms with Crippen molar-refractivity contribution >= 4 is 19.5 Å². The number of carbonyl (C=O) groups excluding carboxylic acids is 1. The number of benzene rings is 4. The van der Waals surface area contributed by atoms with Gasteiger partial charge in [0.2, 0.25) is 0 Å². The number of hydrogen-bond donors (Lipinski definition) is 1. The lowest BCUT2D eigenvalue weighted by Crippen LogP contribution is -2.39. The van der Waals surface area contributed by atoms with Gasteiger partial charge in [0.25, 0.3) is 5.91 Å². The summed E-state index contributed by atoms with van der Waals surface area (Å²) in [5, 5.41) is 2.58. The number of nitrogens with zero attached hydrogens (tertiary/aromatic N) is 2. The number of amides is 1. The van der Waals surface area contributed by atoms with Gasteiger partial charge in [0.15, 0.2) is 0 Å². The summed E-state index contributed by atoms with van der Waals surface area (Å²) in [5.41, 5.74) is 0.451. The van der Waals surface area contributed by atoms with E-state index >= 15 is 0 Å². The fraction of sp³-hybridized carbons (Fsp3) is 0.216. The molecular formula is C37H34N3O10P-2. The first-order chi connectivity index (χ1) is 24.6. The van der Waals surface area contributed by atoms with Gasteiger partial charge in [-0.25, -0.2) is 4.79 Å². The van der Waals surface area contributed by atoms with Crippen molar-refractivity contribution < 1.29 is 42.6 Å². The topological polar surface area (TPSA) is 173 Å². The Hall–Kier alpha value is -5.14. The van der Waals surface area contributed by atoms with Gasteiger partial charge in [-0.3, -0.25) is 9.36 Å². The van der Waals surface area contributed by atoms with Crippen molar-refractivity contribution in [3.05, 3.63) is 154 Å². The molecule has 0 radical (unpaired) electrons. The Morgan fingerprint density at radius 3 is 1.94 bits per heavy atom. The van der Waals surface area contributed by atoms with Crippen LogP contribution in [0, 0.1) is 0 Å². The van der Waals surface area contributed by atoms with Crippen molar-refractivity contribution in [2.45, 2.75) is 30.5 Å². The van der Waals surface area contributed by atoms with Gasteiger partial charge in [-0.2, -0.15) is 4.98 Å². The first-order valence-electron chi connectivity index (χ1n) is 15.9. The minimum atomic E-state index is -5.51. The summed E-state index contributed by atoms with van der Waals surface area (Å²) in [6, 6.07) is 33.8. The van der Waals surface area contributed by atoms with E-state index in [1.54, 1.807) is 68.8 Å². The highest BCUT2D eigenvalue weighted by molar-refractivity contribution is 7.43. The molecule has 5 aromatic rings. The van der Waals surface area contributed by atoms with Crippen molar-refractivity contribution in [3.8, 4) is 11.5 Å². The highest BCUT2D eigenvalue weighted by atomic mass is 31.2. The van der Waals surface area contributed by atoms with Gasteiger partial charge in [-0.05, 0) is 59.2 Å². The molecule has 13 nitrogen and oxygen atoms in total. The molecular weight excluding hydrogens is 677 g/mol. The monoisotopic (exact) mass is 711 g/mol. The van der Waals surface area contributed by atoms with Crippen molar-refractivity contribution in [1.29, 1.82) is 0 Å². The SMILES string of the molecule is COc1ccc(C(OC[C@H]2O[C@@H](n3ccc(NC(=O)c4ccccc4)nc3=O)C[C@@H]2OP(=O)([O-])[O-])(c2ccccc2)c2ccc(OC)cc2)cc1. The van der Waals surface area contributed by atoms with E-state index < -0.39 is 43.5 Å². The second-order valence-electron chi connectivity index (χ2n) is 11.6. The fourth-order valence-corrected chi connectivity index (χ4v) is 6.61. The van der Waals surface area contributed by atoms with Crippen molar-refractivity contribution in [2.75, 3.05) is 26.1 Å². The van der Waals surface area contributed by atoms with Crippen LogP contribution in [0.25, 0.3) is 0 Å². The summed E-state index contributed by atoms with van der Waals surface area (Å²) in [6.07, 6.45) is -2.35. The molecule has 51 heavy (non-hydrogen) atoms. The van der Waals surface area contributed by atoms with Gasteiger partial charge >= 0.3 is 5.69 Å². The maximum Gasteiger partial charge on any atom is 0.351 e. The third-order valence-electron chi connectivity index (χ3n) is 8.50. The number of nitrogens with one attached hydrogen (secondary N) is 1. The number of phosphoric ester groups is 1. The second kappa shape index (κ2) is 15.4. The molecule has 0 spiro atoms. The summed E-state index contributed by atoms with van der Waals surface area (Å²) >= 11 is 0. The number of rotatable bonds is 13. The predicted octanol–water partition coefficient (Wildman–Crippen LogP) is 4.02. The van der Waals surface area contributed by atoms with Gasteiger partial charge in [0.1, 0.15) is 35.2 Å². The van der Waals surface area contributed by atoms with Crippen LogP contribution in [0.4, 0.5) is 5.82 Å². The maximum atomic E-state index is 13.2. The number of hydrogen-bond acceptors (Lipinski definition) is 11. The molecule has 14 heteroatoms. The Labute approximate surface area is 293 Å². The lowest BCUT2D eigenvalue weighted by Gasteiger charge is -2.38. The zero-order chi connectivity index (χ0) is 36.0. The average molecular weight is 712 g/mol. The average Bonchev–Trinajstić information content (AvgIpc) is 3.53. The lowest BCUT2D eigenvalue weighted by molar-refractivity contribution is -0.345. The molecule has 3 atom stereocenters.